The van der Waals surface area contributed by atoms with Crippen LogP contribution in [0.4, 0.5) is 0 Å². The zero-order valence-corrected chi connectivity index (χ0v) is 18.7. The van der Waals surface area contributed by atoms with Gasteiger partial charge in [0, 0.05) is 49.6 Å². The Morgan fingerprint density at radius 2 is 1.57 bits per heavy atom. The van der Waals surface area contributed by atoms with Gasteiger partial charge in [-0.25, -0.2) is 8.42 Å². The molecule has 1 saturated heterocycles. The highest BCUT2D eigenvalue weighted by Gasteiger charge is 2.31. The van der Waals surface area contributed by atoms with Crippen LogP contribution in [0.5, 0.6) is 0 Å². The fourth-order valence-electron chi connectivity index (χ4n) is 3.46. The van der Waals surface area contributed by atoms with Crippen LogP contribution in [0.1, 0.15) is 34.3 Å². The number of rotatable bonds is 6. The maximum atomic E-state index is 13.0. The van der Waals surface area contributed by atoms with Crippen LogP contribution in [0.2, 0.25) is 5.02 Å². The van der Waals surface area contributed by atoms with Gasteiger partial charge in [-0.05, 0) is 55.3 Å². The molecule has 0 N–H and O–H groups in total. The minimum absolute atomic E-state index is 0.102. The van der Waals surface area contributed by atoms with E-state index in [1.807, 2.05) is 13.0 Å². The molecular formula is C22H25ClN2O4S. The van der Waals surface area contributed by atoms with Crippen LogP contribution >= 0.6 is 11.6 Å². The van der Waals surface area contributed by atoms with Crippen LogP contribution in [-0.2, 0) is 14.8 Å². The quantitative estimate of drug-likeness (QED) is 0.634. The summed E-state index contributed by atoms with van der Waals surface area (Å²) in [5, 5.41) is 0.552. The van der Waals surface area contributed by atoms with Gasteiger partial charge in [0.2, 0.25) is 15.9 Å². The Balaban J connectivity index is 1.55. The largest absolute Gasteiger partial charge is 0.340 e. The molecule has 0 unspecified atom stereocenters. The predicted octanol–water partition coefficient (Wildman–Crippen LogP) is 3.45. The zero-order valence-electron chi connectivity index (χ0n) is 17.1. The number of amides is 1. The van der Waals surface area contributed by atoms with Crippen molar-refractivity contribution in [2.75, 3.05) is 26.2 Å². The molecule has 2 aromatic carbocycles. The van der Waals surface area contributed by atoms with Crippen molar-refractivity contribution in [1.82, 2.24) is 9.21 Å². The summed E-state index contributed by atoms with van der Waals surface area (Å²) in [7, 11) is -3.60. The third-order valence-corrected chi connectivity index (χ3v) is 7.58. The van der Waals surface area contributed by atoms with Gasteiger partial charge >= 0.3 is 0 Å². The van der Waals surface area contributed by atoms with E-state index in [0.29, 0.717) is 34.1 Å². The molecule has 2 aromatic rings. The minimum atomic E-state index is -3.60. The molecule has 8 heteroatoms. The first kappa shape index (κ1) is 22.5. The van der Waals surface area contributed by atoms with Gasteiger partial charge in [0.15, 0.2) is 5.78 Å². The molecule has 6 nitrogen and oxygen atoms in total. The van der Waals surface area contributed by atoms with Crippen LogP contribution in [-0.4, -0.2) is 55.5 Å². The van der Waals surface area contributed by atoms with E-state index in [9.17, 15) is 18.0 Å². The van der Waals surface area contributed by atoms with Crippen LogP contribution in [0.3, 0.4) is 0 Å². The lowest BCUT2D eigenvalue weighted by molar-refractivity contribution is -0.132. The number of ketones is 1. The molecule has 0 bridgehead atoms. The Morgan fingerprint density at radius 1 is 0.933 bits per heavy atom. The number of sulfonamides is 1. The first-order chi connectivity index (χ1) is 14.2. The summed E-state index contributed by atoms with van der Waals surface area (Å²) in [5.74, 6) is -0.253. The highest BCUT2D eigenvalue weighted by Crippen LogP contribution is 2.22. The van der Waals surface area contributed by atoms with Crippen molar-refractivity contribution in [3.8, 4) is 0 Å². The van der Waals surface area contributed by atoms with E-state index in [1.54, 1.807) is 48.2 Å². The predicted molar refractivity (Wildman–Crippen MR) is 116 cm³/mol. The van der Waals surface area contributed by atoms with E-state index in [-0.39, 0.29) is 37.6 Å². The van der Waals surface area contributed by atoms with Crippen LogP contribution < -0.4 is 0 Å². The number of aryl methyl sites for hydroxylation is 2. The van der Waals surface area contributed by atoms with E-state index in [1.165, 1.54) is 4.31 Å². The number of nitrogens with zero attached hydrogens (tertiary/aromatic N) is 2. The Morgan fingerprint density at radius 3 is 2.20 bits per heavy atom. The van der Waals surface area contributed by atoms with Gasteiger partial charge in [-0.3, -0.25) is 9.59 Å². The second-order valence-electron chi connectivity index (χ2n) is 7.48. The van der Waals surface area contributed by atoms with Crippen molar-refractivity contribution in [2.24, 2.45) is 0 Å². The van der Waals surface area contributed by atoms with Crippen molar-refractivity contribution in [2.45, 2.75) is 31.6 Å². The van der Waals surface area contributed by atoms with Gasteiger partial charge in [-0.2, -0.15) is 4.31 Å². The van der Waals surface area contributed by atoms with Gasteiger partial charge in [-0.15, -0.1) is 0 Å². The maximum Gasteiger partial charge on any atom is 0.243 e. The van der Waals surface area contributed by atoms with Crippen molar-refractivity contribution >= 4 is 33.3 Å². The topological polar surface area (TPSA) is 74.8 Å². The highest BCUT2D eigenvalue weighted by molar-refractivity contribution is 7.89. The van der Waals surface area contributed by atoms with E-state index in [4.69, 9.17) is 11.6 Å². The number of carbonyl (C=O) groups is 2. The fraction of sp³-hybridized carbons (Fsp3) is 0.364. The minimum Gasteiger partial charge on any atom is -0.340 e. The molecule has 0 aromatic heterocycles. The number of benzene rings is 2. The summed E-state index contributed by atoms with van der Waals surface area (Å²) >= 11 is 5.83. The van der Waals surface area contributed by atoms with Gasteiger partial charge < -0.3 is 4.90 Å². The van der Waals surface area contributed by atoms with Gasteiger partial charge in [0.1, 0.15) is 0 Å². The van der Waals surface area contributed by atoms with Gasteiger partial charge in [0.25, 0.3) is 0 Å². The summed E-state index contributed by atoms with van der Waals surface area (Å²) < 4.78 is 27.4. The number of Topliss-reactive ketones (excluding diaryl/α,β-unsaturated/α-hetero) is 1. The van der Waals surface area contributed by atoms with E-state index >= 15 is 0 Å². The lowest BCUT2D eigenvalue weighted by Crippen LogP contribution is -2.50. The molecule has 0 aliphatic carbocycles. The molecule has 0 radical (unpaired) electrons. The number of hydrogen-bond donors (Lipinski definition) is 0. The third-order valence-electron chi connectivity index (χ3n) is 5.28. The molecule has 1 aliphatic rings. The van der Waals surface area contributed by atoms with Crippen LogP contribution in [0, 0.1) is 13.8 Å². The lowest BCUT2D eigenvalue weighted by Gasteiger charge is -2.34. The second kappa shape index (κ2) is 9.29. The first-order valence-electron chi connectivity index (χ1n) is 9.82. The average Bonchev–Trinajstić information content (AvgIpc) is 2.74. The molecule has 1 fully saturated rings. The van der Waals surface area contributed by atoms with E-state index in [0.717, 1.165) is 5.56 Å². The van der Waals surface area contributed by atoms with Crippen molar-refractivity contribution in [1.29, 1.82) is 0 Å². The smallest absolute Gasteiger partial charge is 0.243 e. The van der Waals surface area contributed by atoms with E-state index in [2.05, 4.69) is 0 Å². The summed E-state index contributed by atoms with van der Waals surface area (Å²) in [6.07, 6.45) is 0.215. The Labute approximate surface area is 182 Å². The molecular weight excluding hydrogens is 424 g/mol. The van der Waals surface area contributed by atoms with Gasteiger partial charge in [0.05, 0.1) is 4.90 Å². The molecule has 1 aliphatic heterocycles. The molecule has 160 valence electrons. The fourth-order valence-corrected chi connectivity index (χ4v) is 5.32. The Hall–Kier alpha value is -2.22. The van der Waals surface area contributed by atoms with Crippen molar-refractivity contribution < 1.29 is 18.0 Å². The Kier molecular flexibility index (Phi) is 6.95. The number of piperazine rings is 1. The zero-order chi connectivity index (χ0) is 21.9. The van der Waals surface area contributed by atoms with Crippen molar-refractivity contribution in [3.05, 3.63) is 64.2 Å². The molecule has 1 heterocycles. The average molecular weight is 449 g/mol. The molecule has 1 amide bonds. The number of carbonyl (C=O) groups excluding carboxylic acids is 2. The molecule has 3 rings (SSSR count). The molecule has 30 heavy (non-hydrogen) atoms. The lowest BCUT2D eigenvalue weighted by atomic mass is 10.1. The monoisotopic (exact) mass is 448 g/mol. The first-order valence-corrected chi connectivity index (χ1v) is 11.6. The molecule has 0 atom stereocenters. The number of hydrogen-bond acceptors (Lipinski definition) is 4. The summed E-state index contributed by atoms with van der Waals surface area (Å²) in [5.41, 5.74) is 2.12. The molecule has 0 saturated carbocycles. The summed E-state index contributed by atoms with van der Waals surface area (Å²) in [4.78, 5) is 26.7. The maximum absolute atomic E-state index is 13.0. The highest BCUT2D eigenvalue weighted by atomic mass is 35.5. The van der Waals surface area contributed by atoms with E-state index < -0.39 is 10.0 Å². The Bertz CT molecular complexity index is 1040. The van der Waals surface area contributed by atoms with Crippen LogP contribution in [0.25, 0.3) is 0 Å². The standard InChI is InChI=1S/C22H25ClN2O4S/c1-16-3-4-17(2)21(15-16)30(28,29)25-13-11-24(12-14-25)22(27)10-9-20(26)18-5-7-19(23)8-6-18/h3-8,15H,9-14H2,1-2H3. The molecule has 0 spiro atoms. The summed E-state index contributed by atoms with van der Waals surface area (Å²) in [6.45, 7) is 4.76. The van der Waals surface area contributed by atoms with Crippen LogP contribution in [0.15, 0.2) is 47.4 Å². The number of halogens is 1. The summed E-state index contributed by atoms with van der Waals surface area (Å²) in [6, 6.07) is 12.0. The second-order valence-corrected chi connectivity index (χ2v) is 9.83. The normalized spacial score (nSPS) is 15.2. The third kappa shape index (κ3) is 5.09. The van der Waals surface area contributed by atoms with Gasteiger partial charge in [-0.1, -0.05) is 23.7 Å². The SMILES string of the molecule is Cc1ccc(C)c(S(=O)(=O)N2CCN(C(=O)CCC(=O)c3ccc(Cl)cc3)CC2)c1. The van der Waals surface area contributed by atoms with Crippen molar-refractivity contribution in [3.63, 3.8) is 0 Å².